The number of carbonyl (C=O) groups excluding carboxylic acids is 1. The van der Waals surface area contributed by atoms with Crippen LogP contribution in [0, 0.1) is 5.92 Å². The quantitative estimate of drug-likeness (QED) is 0.583. The molecule has 8 heteroatoms. The summed E-state index contributed by atoms with van der Waals surface area (Å²) in [5.74, 6) is 1.87. The number of thioether (sulfide) groups is 1. The van der Waals surface area contributed by atoms with Gasteiger partial charge in [0, 0.05) is 19.1 Å². The van der Waals surface area contributed by atoms with E-state index in [9.17, 15) is 4.79 Å². The lowest BCUT2D eigenvalue weighted by atomic mass is 10.0. The molecule has 1 N–H and O–H groups in total. The van der Waals surface area contributed by atoms with Crippen molar-refractivity contribution in [3.63, 3.8) is 0 Å². The fraction of sp³-hybridized carbons (Fsp3) is 0.591. The van der Waals surface area contributed by atoms with Crippen LogP contribution in [-0.4, -0.2) is 58.8 Å². The first kappa shape index (κ1) is 22.6. The van der Waals surface area contributed by atoms with Gasteiger partial charge in [-0.3, -0.25) is 9.36 Å². The molecule has 1 unspecified atom stereocenters. The van der Waals surface area contributed by atoms with E-state index in [1.165, 1.54) is 17.3 Å². The highest BCUT2D eigenvalue weighted by atomic mass is 32.2. The van der Waals surface area contributed by atoms with Gasteiger partial charge in [-0.25, -0.2) is 0 Å². The third kappa shape index (κ3) is 6.74. The molecule has 30 heavy (non-hydrogen) atoms. The number of ether oxygens (including phenoxy) is 1. The largest absolute Gasteiger partial charge is 0.378 e. The number of aromatic nitrogens is 3. The topological polar surface area (TPSA) is 72.3 Å². The molecule has 1 aliphatic heterocycles. The predicted octanol–water partition coefficient (Wildman–Crippen LogP) is 3.20. The monoisotopic (exact) mass is 431 g/mol. The van der Waals surface area contributed by atoms with Gasteiger partial charge in [-0.15, -0.1) is 10.2 Å². The minimum absolute atomic E-state index is 0.0402. The van der Waals surface area contributed by atoms with Crippen molar-refractivity contribution in [2.45, 2.75) is 51.4 Å². The van der Waals surface area contributed by atoms with Crippen LogP contribution in [0.4, 0.5) is 5.95 Å². The van der Waals surface area contributed by atoms with Gasteiger partial charge in [-0.2, -0.15) is 0 Å². The minimum Gasteiger partial charge on any atom is -0.378 e. The number of carbonyl (C=O) groups is 1. The molecule has 2 heterocycles. The summed E-state index contributed by atoms with van der Waals surface area (Å²) < 4.78 is 7.59. The lowest BCUT2D eigenvalue weighted by molar-refractivity contribution is -0.119. The van der Waals surface area contributed by atoms with Gasteiger partial charge in [0.1, 0.15) is 0 Å². The number of rotatable bonds is 10. The van der Waals surface area contributed by atoms with E-state index in [0.29, 0.717) is 31.4 Å². The summed E-state index contributed by atoms with van der Waals surface area (Å²) in [7, 11) is 0. The van der Waals surface area contributed by atoms with Crippen molar-refractivity contribution in [2.24, 2.45) is 5.92 Å². The van der Waals surface area contributed by atoms with Gasteiger partial charge in [-0.1, -0.05) is 55.9 Å². The predicted molar refractivity (Wildman–Crippen MR) is 121 cm³/mol. The Balaban J connectivity index is 1.66. The summed E-state index contributed by atoms with van der Waals surface area (Å²) >= 11 is 1.44. The van der Waals surface area contributed by atoms with Gasteiger partial charge in [-0.05, 0) is 31.2 Å². The van der Waals surface area contributed by atoms with Crippen LogP contribution in [0.25, 0.3) is 0 Å². The Labute approximate surface area is 183 Å². The Morgan fingerprint density at radius 1 is 1.13 bits per heavy atom. The summed E-state index contributed by atoms with van der Waals surface area (Å²) in [5, 5.41) is 12.7. The zero-order valence-electron chi connectivity index (χ0n) is 18.2. The first-order valence-corrected chi connectivity index (χ1v) is 11.7. The fourth-order valence-electron chi connectivity index (χ4n) is 3.39. The lowest BCUT2D eigenvalue weighted by Crippen LogP contribution is -2.38. The van der Waals surface area contributed by atoms with E-state index in [0.717, 1.165) is 37.0 Å². The summed E-state index contributed by atoms with van der Waals surface area (Å²) in [4.78, 5) is 14.6. The van der Waals surface area contributed by atoms with Crippen LogP contribution in [0.15, 0.2) is 35.5 Å². The summed E-state index contributed by atoms with van der Waals surface area (Å²) in [6.45, 7) is 10.1. The lowest BCUT2D eigenvalue weighted by Gasteiger charge is -2.28. The fourth-order valence-corrected chi connectivity index (χ4v) is 4.14. The van der Waals surface area contributed by atoms with Crippen molar-refractivity contribution < 1.29 is 9.53 Å². The van der Waals surface area contributed by atoms with E-state index < -0.39 is 0 Å². The molecule has 0 aliphatic carbocycles. The molecular formula is C22H33N5O2S. The molecule has 2 aromatic rings. The molecule has 1 atom stereocenters. The first-order chi connectivity index (χ1) is 14.5. The Morgan fingerprint density at radius 2 is 1.87 bits per heavy atom. The summed E-state index contributed by atoms with van der Waals surface area (Å²) in [6, 6.07) is 10.5. The van der Waals surface area contributed by atoms with E-state index in [1.54, 1.807) is 0 Å². The Morgan fingerprint density at radius 3 is 2.57 bits per heavy atom. The van der Waals surface area contributed by atoms with Gasteiger partial charge < -0.3 is 15.0 Å². The van der Waals surface area contributed by atoms with Crippen LogP contribution in [-0.2, 0) is 16.1 Å². The van der Waals surface area contributed by atoms with E-state index in [-0.39, 0.29) is 11.9 Å². The number of morpholine rings is 1. The van der Waals surface area contributed by atoms with Crippen molar-refractivity contribution in [3.05, 3.63) is 35.9 Å². The van der Waals surface area contributed by atoms with Crippen LogP contribution in [0.1, 0.15) is 39.2 Å². The second-order valence-electron chi connectivity index (χ2n) is 8.18. The number of benzene rings is 1. The normalized spacial score (nSPS) is 15.4. The second-order valence-corrected chi connectivity index (χ2v) is 9.12. The number of anilines is 1. The van der Waals surface area contributed by atoms with Crippen LogP contribution in [0.3, 0.4) is 0 Å². The first-order valence-electron chi connectivity index (χ1n) is 10.7. The molecular weight excluding hydrogens is 398 g/mol. The molecule has 1 aromatic carbocycles. The Hall–Kier alpha value is -2.06. The zero-order valence-corrected chi connectivity index (χ0v) is 19.0. The van der Waals surface area contributed by atoms with Crippen LogP contribution < -0.4 is 10.2 Å². The molecule has 0 saturated carbocycles. The van der Waals surface area contributed by atoms with Crippen LogP contribution >= 0.6 is 11.8 Å². The molecule has 3 rings (SSSR count). The maximum Gasteiger partial charge on any atom is 0.230 e. The molecule has 0 spiro atoms. The third-order valence-electron chi connectivity index (χ3n) is 5.09. The van der Waals surface area contributed by atoms with Crippen molar-refractivity contribution in [1.29, 1.82) is 0 Å². The number of amides is 1. The van der Waals surface area contributed by atoms with Crippen molar-refractivity contribution in [2.75, 3.05) is 37.0 Å². The van der Waals surface area contributed by atoms with Gasteiger partial charge in [0.05, 0.1) is 25.5 Å². The Kier molecular flexibility index (Phi) is 8.57. The number of hydrogen-bond acceptors (Lipinski definition) is 6. The number of nitrogens with zero attached hydrogens (tertiary/aromatic N) is 4. The molecule has 1 aliphatic rings. The molecule has 0 bridgehead atoms. The average molecular weight is 432 g/mol. The standard InChI is InChI=1S/C22H33N5O2S/c1-17(2)9-10-18(3)23-20(28)16-30-22-25-24-21(26-11-13-29-14-12-26)27(22)15-19-7-5-4-6-8-19/h4-8,17-18H,9-16H2,1-3H3,(H,23,28). The SMILES string of the molecule is CC(C)CCC(C)NC(=O)CSc1nnc(N2CCOCC2)n1Cc1ccccc1. The Bertz CT molecular complexity index is 790. The van der Waals surface area contributed by atoms with E-state index in [1.807, 2.05) is 18.2 Å². The molecule has 1 fully saturated rings. The van der Waals surface area contributed by atoms with E-state index in [2.05, 4.69) is 57.9 Å². The van der Waals surface area contributed by atoms with Crippen LogP contribution in [0.2, 0.25) is 0 Å². The van der Waals surface area contributed by atoms with Crippen molar-refractivity contribution >= 4 is 23.6 Å². The zero-order chi connectivity index (χ0) is 21.3. The highest BCUT2D eigenvalue weighted by Crippen LogP contribution is 2.24. The van der Waals surface area contributed by atoms with Gasteiger partial charge in [0.2, 0.25) is 11.9 Å². The minimum atomic E-state index is 0.0402. The van der Waals surface area contributed by atoms with E-state index >= 15 is 0 Å². The molecule has 1 aromatic heterocycles. The van der Waals surface area contributed by atoms with Gasteiger partial charge in [0.15, 0.2) is 5.16 Å². The van der Waals surface area contributed by atoms with Gasteiger partial charge >= 0.3 is 0 Å². The number of hydrogen-bond donors (Lipinski definition) is 1. The molecule has 1 amide bonds. The van der Waals surface area contributed by atoms with Gasteiger partial charge in [0.25, 0.3) is 0 Å². The molecule has 0 radical (unpaired) electrons. The average Bonchev–Trinajstić information content (AvgIpc) is 3.14. The maximum absolute atomic E-state index is 12.4. The molecule has 7 nitrogen and oxygen atoms in total. The second kappa shape index (κ2) is 11.4. The molecule has 1 saturated heterocycles. The molecule has 164 valence electrons. The maximum atomic E-state index is 12.4. The highest BCUT2D eigenvalue weighted by Gasteiger charge is 2.21. The van der Waals surface area contributed by atoms with Crippen LogP contribution in [0.5, 0.6) is 0 Å². The summed E-state index contributed by atoms with van der Waals surface area (Å²) in [6.07, 6.45) is 2.11. The smallest absolute Gasteiger partial charge is 0.230 e. The van der Waals surface area contributed by atoms with E-state index in [4.69, 9.17) is 4.74 Å². The number of nitrogens with one attached hydrogen (secondary N) is 1. The summed E-state index contributed by atoms with van der Waals surface area (Å²) in [5.41, 5.74) is 1.18. The highest BCUT2D eigenvalue weighted by molar-refractivity contribution is 7.99. The van der Waals surface area contributed by atoms with Crippen molar-refractivity contribution in [1.82, 2.24) is 20.1 Å². The third-order valence-corrected chi connectivity index (χ3v) is 6.06. The van der Waals surface area contributed by atoms with Crippen molar-refractivity contribution in [3.8, 4) is 0 Å².